The molecular formula is C23H29N3O4. The fourth-order valence-electron chi connectivity index (χ4n) is 2.77. The number of likely N-dealkylation sites (N-methyl/N-ethyl adjacent to an activating group) is 1. The first kappa shape index (κ1) is 22.9. The molecule has 30 heavy (non-hydrogen) atoms. The molecule has 0 aliphatic rings. The highest BCUT2D eigenvalue weighted by Crippen LogP contribution is 2.16. The van der Waals surface area contributed by atoms with E-state index in [1.54, 1.807) is 52.1 Å². The van der Waals surface area contributed by atoms with Gasteiger partial charge < -0.3 is 15.0 Å². The van der Waals surface area contributed by atoms with Gasteiger partial charge in [-0.2, -0.15) is 0 Å². The lowest BCUT2D eigenvalue weighted by atomic mass is 10.1. The summed E-state index contributed by atoms with van der Waals surface area (Å²) >= 11 is 0. The molecule has 0 aliphatic heterocycles. The lowest BCUT2D eigenvalue weighted by molar-refractivity contribution is -0.116. The fourth-order valence-corrected chi connectivity index (χ4v) is 2.77. The van der Waals surface area contributed by atoms with Crippen LogP contribution in [-0.4, -0.2) is 42.0 Å². The van der Waals surface area contributed by atoms with Crippen LogP contribution in [0.4, 0.5) is 16.2 Å². The number of para-hydroxylation sites is 1. The molecule has 2 rings (SSSR count). The van der Waals surface area contributed by atoms with Crippen molar-refractivity contribution in [1.29, 1.82) is 0 Å². The summed E-state index contributed by atoms with van der Waals surface area (Å²) in [6.45, 7) is 7.28. The highest BCUT2D eigenvalue weighted by molar-refractivity contribution is 5.99. The molecule has 0 fully saturated rings. The molecule has 0 aromatic heterocycles. The second-order valence-electron chi connectivity index (χ2n) is 7.92. The third kappa shape index (κ3) is 6.92. The summed E-state index contributed by atoms with van der Waals surface area (Å²) in [6, 6.07) is 14.0. The number of nitrogens with zero attached hydrogens (tertiary/aromatic N) is 1. The van der Waals surface area contributed by atoms with Crippen molar-refractivity contribution < 1.29 is 19.1 Å². The second kappa shape index (κ2) is 9.91. The molecule has 0 heterocycles. The van der Waals surface area contributed by atoms with E-state index in [0.717, 1.165) is 17.7 Å². The normalized spacial score (nSPS) is 10.8. The summed E-state index contributed by atoms with van der Waals surface area (Å²) in [5, 5.41) is 5.47. The third-order valence-electron chi connectivity index (χ3n) is 4.18. The first-order valence-corrected chi connectivity index (χ1v) is 9.82. The van der Waals surface area contributed by atoms with Crippen LogP contribution >= 0.6 is 0 Å². The highest BCUT2D eigenvalue weighted by Gasteiger charge is 2.18. The predicted molar refractivity (Wildman–Crippen MR) is 118 cm³/mol. The molecule has 3 amide bonds. The molecule has 0 bridgehead atoms. The Bertz CT molecular complexity index is 901. The number of amides is 3. The SMILES string of the molecule is CCc1ccccc1NC(=O)CN(C)C(=O)c1ccc(NC(=O)OC(C)(C)C)cc1. The molecule has 7 nitrogen and oxygen atoms in total. The summed E-state index contributed by atoms with van der Waals surface area (Å²) < 4.78 is 5.20. The Hall–Kier alpha value is -3.35. The van der Waals surface area contributed by atoms with Gasteiger partial charge in [-0.15, -0.1) is 0 Å². The quantitative estimate of drug-likeness (QED) is 0.742. The van der Waals surface area contributed by atoms with E-state index in [9.17, 15) is 14.4 Å². The van der Waals surface area contributed by atoms with E-state index < -0.39 is 11.7 Å². The van der Waals surface area contributed by atoms with Crippen LogP contribution in [-0.2, 0) is 16.0 Å². The number of carbonyl (C=O) groups excluding carboxylic acids is 3. The number of hydrogen-bond acceptors (Lipinski definition) is 4. The largest absolute Gasteiger partial charge is 0.444 e. The maximum atomic E-state index is 12.6. The number of aryl methyl sites for hydroxylation is 1. The van der Waals surface area contributed by atoms with Gasteiger partial charge >= 0.3 is 6.09 Å². The van der Waals surface area contributed by atoms with E-state index in [4.69, 9.17) is 4.74 Å². The van der Waals surface area contributed by atoms with Crippen LogP contribution in [0.5, 0.6) is 0 Å². The number of benzene rings is 2. The van der Waals surface area contributed by atoms with Crippen molar-refractivity contribution in [1.82, 2.24) is 4.90 Å². The molecule has 160 valence electrons. The fraction of sp³-hybridized carbons (Fsp3) is 0.348. The molecule has 0 saturated carbocycles. The van der Waals surface area contributed by atoms with Gasteiger partial charge in [0.15, 0.2) is 0 Å². The lowest BCUT2D eigenvalue weighted by Crippen LogP contribution is -2.35. The summed E-state index contributed by atoms with van der Waals surface area (Å²) in [5.41, 5.74) is 2.11. The number of ether oxygens (including phenoxy) is 1. The Morgan fingerprint density at radius 2 is 1.60 bits per heavy atom. The van der Waals surface area contributed by atoms with Crippen LogP contribution in [0.15, 0.2) is 48.5 Å². The molecule has 0 spiro atoms. The highest BCUT2D eigenvalue weighted by atomic mass is 16.6. The van der Waals surface area contributed by atoms with Crippen LogP contribution in [0.2, 0.25) is 0 Å². The van der Waals surface area contributed by atoms with Gasteiger partial charge in [-0.05, 0) is 63.1 Å². The molecule has 2 aromatic carbocycles. The Labute approximate surface area is 177 Å². The average molecular weight is 412 g/mol. The van der Waals surface area contributed by atoms with E-state index in [2.05, 4.69) is 10.6 Å². The van der Waals surface area contributed by atoms with Gasteiger partial charge in [0.05, 0.1) is 6.54 Å². The maximum absolute atomic E-state index is 12.6. The van der Waals surface area contributed by atoms with Gasteiger partial charge in [-0.3, -0.25) is 14.9 Å². The van der Waals surface area contributed by atoms with Crippen LogP contribution in [0.1, 0.15) is 43.6 Å². The summed E-state index contributed by atoms with van der Waals surface area (Å²) in [7, 11) is 1.57. The van der Waals surface area contributed by atoms with Gasteiger partial charge in [0, 0.05) is 24.0 Å². The lowest BCUT2D eigenvalue weighted by Gasteiger charge is -2.20. The van der Waals surface area contributed by atoms with E-state index in [-0.39, 0.29) is 18.4 Å². The smallest absolute Gasteiger partial charge is 0.412 e. The van der Waals surface area contributed by atoms with Gasteiger partial charge in [-0.1, -0.05) is 25.1 Å². The topological polar surface area (TPSA) is 87.7 Å². The Morgan fingerprint density at radius 1 is 0.967 bits per heavy atom. The predicted octanol–water partition coefficient (Wildman–Crippen LogP) is 4.31. The molecule has 0 aliphatic carbocycles. The molecule has 7 heteroatoms. The van der Waals surface area contributed by atoms with E-state index >= 15 is 0 Å². The Kier molecular flexibility index (Phi) is 7.58. The third-order valence-corrected chi connectivity index (χ3v) is 4.18. The minimum atomic E-state index is -0.596. The van der Waals surface area contributed by atoms with Gasteiger partial charge in [-0.25, -0.2) is 4.79 Å². The number of hydrogen-bond donors (Lipinski definition) is 2. The number of rotatable bonds is 6. The van der Waals surface area contributed by atoms with Crippen molar-refractivity contribution in [2.45, 2.75) is 39.7 Å². The zero-order chi connectivity index (χ0) is 22.3. The molecule has 0 atom stereocenters. The molecule has 0 unspecified atom stereocenters. The van der Waals surface area contributed by atoms with Crippen molar-refractivity contribution in [3.05, 3.63) is 59.7 Å². The standard InChI is InChI=1S/C23H29N3O4/c1-6-16-9-7-8-10-19(16)25-20(27)15-26(5)21(28)17-11-13-18(14-12-17)24-22(29)30-23(2,3)4/h7-14H,6,15H2,1-5H3,(H,24,29)(H,25,27). The van der Waals surface area contributed by atoms with Crippen molar-refractivity contribution >= 4 is 29.3 Å². The summed E-state index contributed by atoms with van der Waals surface area (Å²) in [5.74, 6) is -0.562. The van der Waals surface area contributed by atoms with Crippen molar-refractivity contribution in [3.8, 4) is 0 Å². The van der Waals surface area contributed by atoms with Crippen molar-refractivity contribution in [2.24, 2.45) is 0 Å². The minimum Gasteiger partial charge on any atom is -0.444 e. The minimum absolute atomic E-state index is 0.0746. The molecule has 2 N–H and O–H groups in total. The summed E-state index contributed by atoms with van der Waals surface area (Å²) in [6.07, 6.45) is 0.234. The number of anilines is 2. The second-order valence-corrected chi connectivity index (χ2v) is 7.92. The Morgan fingerprint density at radius 3 is 2.20 bits per heavy atom. The number of nitrogens with one attached hydrogen (secondary N) is 2. The van der Waals surface area contributed by atoms with E-state index in [1.807, 2.05) is 31.2 Å². The molecule has 0 saturated heterocycles. The zero-order valence-corrected chi connectivity index (χ0v) is 18.1. The van der Waals surface area contributed by atoms with Gasteiger partial charge in [0.2, 0.25) is 5.91 Å². The van der Waals surface area contributed by atoms with Gasteiger partial charge in [0.25, 0.3) is 5.91 Å². The molecule has 2 aromatic rings. The van der Waals surface area contributed by atoms with Crippen LogP contribution in [0.3, 0.4) is 0 Å². The van der Waals surface area contributed by atoms with Crippen molar-refractivity contribution in [2.75, 3.05) is 24.2 Å². The van der Waals surface area contributed by atoms with Crippen LogP contribution in [0.25, 0.3) is 0 Å². The molecule has 0 radical (unpaired) electrons. The monoisotopic (exact) mass is 411 g/mol. The first-order chi connectivity index (χ1) is 14.1. The summed E-state index contributed by atoms with van der Waals surface area (Å²) in [4.78, 5) is 38.1. The van der Waals surface area contributed by atoms with Crippen LogP contribution < -0.4 is 10.6 Å². The van der Waals surface area contributed by atoms with Crippen LogP contribution in [0, 0.1) is 0 Å². The first-order valence-electron chi connectivity index (χ1n) is 9.82. The van der Waals surface area contributed by atoms with E-state index in [1.165, 1.54) is 4.90 Å². The maximum Gasteiger partial charge on any atom is 0.412 e. The average Bonchev–Trinajstić information content (AvgIpc) is 2.66. The zero-order valence-electron chi connectivity index (χ0n) is 18.1. The molecular weight excluding hydrogens is 382 g/mol. The van der Waals surface area contributed by atoms with E-state index in [0.29, 0.717) is 11.3 Å². The number of carbonyl (C=O) groups is 3. The van der Waals surface area contributed by atoms with Gasteiger partial charge in [0.1, 0.15) is 5.60 Å². The van der Waals surface area contributed by atoms with Crippen molar-refractivity contribution in [3.63, 3.8) is 0 Å². The Balaban J connectivity index is 1.94.